The summed E-state index contributed by atoms with van der Waals surface area (Å²) in [5, 5.41) is 20.2. The van der Waals surface area contributed by atoms with Gasteiger partial charge in [-0.05, 0) is 12.1 Å². The Bertz CT molecular complexity index is 480. The molecule has 1 atom stereocenters. The summed E-state index contributed by atoms with van der Waals surface area (Å²) in [4.78, 5) is 21.6. The number of aliphatic hydroxyl groups excluding tert-OH is 1. The highest BCUT2D eigenvalue weighted by Gasteiger charge is 2.14. The van der Waals surface area contributed by atoms with Crippen molar-refractivity contribution in [3.63, 3.8) is 0 Å². The van der Waals surface area contributed by atoms with Crippen molar-refractivity contribution in [3.8, 4) is 5.75 Å². The van der Waals surface area contributed by atoms with Gasteiger partial charge < -0.3 is 20.3 Å². The molecule has 0 fully saturated rings. The SMILES string of the molecule is O=C(COc1ccc(Cl)c(Cl)c1)NC[C@H](O)C(=O)O. The Morgan fingerprint density at radius 2 is 2.00 bits per heavy atom. The number of hydrogen-bond acceptors (Lipinski definition) is 4. The van der Waals surface area contributed by atoms with E-state index in [0.29, 0.717) is 15.8 Å². The van der Waals surface area contributed by atoms with Gasteiger partial charge in [0.25, 0.3) is 5.91 Å². The predicted octanol–water partition coefficient (Wildman–Crippen LogP) is 0.934. The Morgan fingerprint density at radius 1 is 1.32 bits per heavy atom. The normalized spacial score (nSPS) is 11.7. The number of carbonyl (C=O) groups is 2. The summed E-state index contributed by atoms with van der Waals surface area (Å²) in [6.07, 6.45) is -1.64. The van der Waals surface area contributed by atoms with Gasteiger partial charge in [0.05, 0.1) is 16.6 Å². The number of carboxylic acid groups (broad SMARTS) is 1. The molecule has 0 aliphatic carbocycles. The molecule has 0 saturated heterocycles. The molecule has 0 unspecified atom stereocenters. The van der Waals surface area contributed by atoms with Crippen molar-refractivity contribution in [2.75, 3.05) is 13.2 Å². The lowest BCUT2D eigenvalue weighted by molar-refractivity contribution is -0.146. The first kappa shape index (κ1) is 15.6. The smallest absolute Gasteiger partial charge is 0.334 e. The molecule has 0 aliphatic heterocycles. The van der Waals surface area contributed by atoms with Crippen molar-refractivity contribution >= 4 is 35.1 Å². The monoisotopic (exact) mass is 307 g/mol. The van der Waals surface area contributed by atoms with Crippen LogP contribution in [0.4, 0.5) is 0 Å². The topological polar surface area (TPSA) is 95.9 Å². The third kappa shape index (κ3) is 5.34. The van der Waals surface area contributed by atoms with E-state index in [1.807, 2.05) is 0 Å². The summed E-state index contributed by atoms with van der Waals surface area (Å²) >= 11 is 11.5. The standard InChI is InChI=1S/C11H11Cl2NO5/c12-7-2-1-6(3-8(7)13)19-5-10(16)14-4-9(15)11(17)18/h1-3,9,15H,4-5H2,(H,14,16)(H,17,18)/t9-/m0/s1. The van der Waals surface area contributed by atoms with E-state index < -0.39 is 18.0 Å². The average Bonchev–Trinajstić information content (AvgIpc) is 2.37. The van der Waals surface area contributed by atoms with Crippen LogP contribution in [-0.4, -0.2) is 41.3 Å². The largest absolute Gasteiger partial charge is 0.484 e. The summed E-state index contributed by atoms with van der Waals surface area (Å²) in [6, 6.07) is 4.50. The fourth-order valence-electron chi connectivity index (χ4n) is 1.06. The first-order valence-corrected chi connectivity index (χ1v) is 5.91. The van der Waals surface area contributed by atoms with E-state index in [9.17, 15) is 9.59 Å². The molecule has 0 aromatic heterocycles. The Balaban J connectivity index is 2.37. The number of carbonyl (C=O) groups excluding carboxylic acids is 1. The van der Waals surface area contributed by atoms with Crippen molar-refractivity contribution in [2.24, 2.45) is 0 Å². The van der Waals surface area contributed by atoms with Crippen molar-refractivity contribution in [1.29, 1.82) is 0 Å². The maximum absolute atomic E-state index is 11.3. The van der Waals surface area contributed by atoms with Crippen LogP contribution in [0.25, 0.3) is 0 Å². The number of aliphatic carboxylic acids is 1. The van der Waals surface area contributed by atoms with E-state index in [2.05, 4.69) is 5.32 Å². The van der Waals surface area contributed by atoms with Gasteiger partial charge in [-0.15, -0.1) is 0 Å². The van der Waals surface area contributed by atoms with Gasteiger partial charge in [0, 0.05) is 6.07 Å². The molecular formula is C11H11Cl2NO5. The lowest BCUT2D eigenvalue weighted by atomic mass is 10.3. The first-order chi connectivity index (χ1) is 8.90. The molecule has 0 spiro atoms. The summed E-state index contributed by atoms with van der Waals surface area (Å²) in [7, 11) is 0. The van der Waals surface area contributed by atoms with Crippen LogP contribution in [0, 0.1) is 0 Å². The summed E-state index contributed by atoms with van der Waals surface area (Å²) in [6.45, 7) is -0.719. The highest BCUT2D eigenvalue weighted by Crippen LogP contribution is 2.26. The molecule has 1 amide bonds. The van der Waals surface area contributed by atoms with Gasteiger partial charge in [0.15, 0.2) is 12.7 Å². The molecule has 104 valence electrons. The van der Waals surface area contributed by atoms with E-state index in [1.54, 1.807) is 0 Å². The van der Waals surface area contributed by atoms with Gasteiger partial charge in [0.2, 0.25) is 0 Å². The van der Waals surface area contributed by atoms with E-state index in [0.717, 1.165) is 0 Å². The number of ether oxygens (including phenoxy) is 1. The first-order valence-electron chi connectivity index (χ1n) is 5.15. The van der Waals surface area contributed by atoms with Crippen LogP contribution in [-0.2, 0) is 9.59 Å². The number of aliphatic hydroxyl groups is 1. The molecule has 0 saturated carbocycles. The molecule has 0 heterocycles. The summed E-state index contributed by atoms with van der Waals surface area (Å²) in [5.74, 6) is -1.62. The zero-order valence-corrected chi connectivity index (χ0v) is 11.1. The molecule has 0 aliphatic rings. The van der Waals surface area contributed by atoms with Crippen LogP contribution in [0.3, 0.4) is 0 Å². The Morgan fingerprint density at radius 3 is 2.58 bits per heavy atom. The number of rotatable bonds is 6. The molecule has 0 radical (unpaired) electrons. The molecular weight excluding hydrogens is 297 g/mol. The maximum Gasteiger partial charge on any atom is 0.334 e. The van der Waals surface area contributed by atoms with Gasteiger partial charge in [-0.25, -0.2) is 4.79 Å². The number of hydrogen-bond donors (Lipinski definition) is 3. The van der Waals surface area contributed by atoms with Crippen LogP contribution >= 0.6 is 23.2 Å². The molecule has 8 heteroatoms. The van der Waals surface area contributed by atoms with Crippen LogP contribution < -0.4 is 10.1 Å². The quantitative estimate of drug-likeness (QED) is 0.726. The minimum absolute atomic E-state index is 0.292. The maximum atomic E-state index is 11.3. The minimum Gasteiger partial charge on any atom is -0.484 e. The number of nitrogens with one attached hydrogen (secondary N) is 1. The second-order valence-electron chi connectivity index (χ2n) is 3.52. The van der Waals surface area contributed by atoms with E-state index in [1.165, 1.54) is 18.2 Å². The number of halogens is 2. The lowest BCUT2D eigenvalue weighted by Crippen LogP contribution is -2.38. The highest BCUT2D eigenvalue weighted by atomic mass is 35.5. The number of amides is 1. The third-order valence-electron chi connectivity index (χ3n) is 2.04. The Hall–Kier alpha value is -1.50. The van der Waals surface area contributed by atoms with Gasteiger partial charge >= 0.3 is 5.97 Å². The minimum atomic E-state index is -1.64. The summed E-state index contributed by atoms with van der Waals surface area (Å²) < 4.78 is 5.11. The van der Waals surface area contributed by atoms with Crippen LogP contribution in [0.15, 0.2) is 18.2 Å². The average molecular weight is 308 g/mol. The fourth-order valence-corrected chi connectivity index (χ4v) is 1.35. The van der Waals surface area contributed by atoms with E-state index in [4.69, 9.17) is 38.2 Å². The molecule has 1 aromatic carbocycles. The van der Waals surface area contributed by atoms with Crippen LogP contribution in [0.2, 0.25) is 10.0 Å². The number of benzene rings is 1. The lowest BCUT2D eigenvalue weighted by Gasteiger charge is -2.09. The second kappa shape index (κ2) is 7.18. The molecule has 19 heavy (non-hydrogen) atoms. The molecule has 3 N–H and O–H groups in total. The molecule has 6 nitrogen and oxygen atoms in total. The molecule has 1 aromatic rings. The Labute approximate surface area is 118 Å². The van der Waals surface area contributed by atoms with Crippen molar-refractivity contribution in [2.45, 2.75) is 6.10 Å². The van der Waals surface area contributed by atoms with Crippen LogP contribution in [0.1, 0.15) is 0 Å². The number of carboxylic acids is 1. The zero-order valence-electron chi connectivity index (χ0n) is 9.60. The van der Waals surface area contributed by atoms with Gasteiger partial charge in [-0.2, -0.15) is 0 Å². The fraction of sp³-hybridized carbons (Fsp3) is 0.273. The van der Waals surface area contributed by atoms with E-state index in [-0.39, 0.29) is 13.2 Å². The van der Waals surface area contributed by atoms with E-state index >= 15 is 0 Å². The predicted molar refractivity (Wildman–Crippen MR) is 68.6 cm³/mol. The highest BCUT2D eigenvalue weighted by molar-refractivity contribution is 6.42. The molecule has 1 rings (SSSR count). The van der Waals surface area contributed by atoms with Crippen LogP contribution in [0.5, 0.6) is 5.75 Å². The second-order valence-corrected chi connectivity index (χ2v) is 4.34. The molecule has 0 bridgehead atoms. The van der Waals surface area contributed by atoms with Crippen molar-refractivity contribution < 1.29 is 24.5 Å². The summed E-state index contributed by atoms with van der Waals surface area (Å²) in [5.41, 5.74) is 0. The van der Waals surface area contributed by atoms with Gasteiger partial charge in [-0.1, -0.05) is 23.2 Å². The van der Waals surface area contributed by atoms with Gasteiger partial charge in [-0.3, -0.25) is 4.79 Å². The Kier molecular flexibility index (Phi) is 5.88. The van der Waals surface area contributed by atoms with Crippen molar-refractivity contribution in [3.05, 3.63) is 28.2 Å². The third-order valence-corrected chi connectivity index (χ3v) is 2.78. The van der Waals surface area contributed by atoms with Crippen molar-refractivity contribution in [1.82, 2.24) is 5.32 Å². The van der Waals surface area contributed by atoms with Gasteiger partial charge in [0.1, 0.15) is 5.75 Å². The zero-order chi connectivity index (χ0) is 14.4.